The molecule has 0 saturated heterocycles. The quantitative estimate of drug-likeness (QED) is 0.446. The number of hydrazone groups is 1. The van der Waals surface area contributed by atoms with Crippen LogP contribution in [-0.4, -0.2) is 28.4 Å². The Balaban J connectivity index is 2.04. The lowest BCUT2D eigenvalue weighted by atomic mass is 10.2. The normalized spacial score (nSPS) is 11.7. The van der Waals surface area contributed by atoms with Gasteiger partial charge in [-0.15, -0.1) is 0 Å². The summed E-state index contributed by atoms with van der Waals surface area (Å²) < 4.78 is 0. The minimum atomic E-state index is -0.640. The molecule has 7 nitrogen and oxygen atoms in total. The highest BCUT2D eigenvalue weighted by atomic mass is 16.4. The third-order valence-electron chi connectivity index (χ3n) is 3.05. The largest absolute Gasteiger partial charge is 0.410 e. The van der Waals surface area contributed by atoms with E-state index in [1.807, 2.05) is 6.07 Å². The molecule has 24 heavy (non-hydrogen) atoms. The molecule has 0 radical (unpaired) electrons. The Morgan fingerprint density at radius 1 is 0.958 bits per heavy atom. The van der Waals surface area contributed by atoms with Gasteiger partial charge in [0.2, 0.25) is 0 Å². The van der Waals surface area contributed by atoms with Gasteiger partial charge in [-0.1, -0.05) is 41.6 Å². The topological polar surface area (TPSA) is 103 Å². The number of hydrogen-bond donors (Lipinski definition) is 3. The maximum atomic E-state index is 12.1. The first kappa shape index (κ1) is 16.9. The van der Waals surface area contributed by atoms with Crippen LogP contribution >= 0.6 is 0 Å². The molecular weight excluding hydrogens is 308 g/mol. The zero-order chi connectivity index (χ0) is 17.4. The highest BCUT2D eigenvalue weighted by Gasteiger charge is 2.16. The lowest BCUT2D eigenvalue weighted by Crippen LogP contribution is -2.31. The van der Waals surface area contributed by atoms with Crippen molar-refractivity contribution in [3.8, 4) is 0 Å². The number of amides is 2. The molecule has 0 aliphatic rings. The summed E-state index contributed by atoms with van der Waals surface area (Å²) in [6, 6.07) is 17.2. The van der Waals surface area contributed by atoms with Crippen LogP contribution in [0.2, 0.25) is 0 Å². The number of nitrogens with one attached hydrogen (secondary N) is 2. The van der Waals surface area contributed by atoms with Gasteiger partial charge in [-0.2, -0.15) is 5.10 Å². The Labute approximate surface area is 138 Å². The average molecular weight is 324 g/mol. The summed E-state index contributed by atoms with van der Waals surface area (Å²) in [5.41, 5.74) is 3.04. The molecule has 0 aliphatic heterocycles. The van der Waals surface area contributed by atoms with Crippen molar-refractivity contribution in [1.82, 2.24) is 5.43 Å². The van der Waals surface area contributed by atoms with Crippen LogP contribution in [-0.2, 0) is 4.79 Å². The van der Waals surface area contributed by atoms with Crippen LogP contribution in [0.3, 0.4) is 0 Å². The smallest absolute Gasteiger partial charge is 0.279 e. The SMILES string of the molecule is CC(=N\NC(=O)c1ccccc1)/C(=N\O)C(=O)Nc1ccccc1. The second-order valence-electron chi connectivity index (χ2n) is 4.77. The van der Waals surface area contributed by atoms with Gasteiger partial charge in [0, 0.05) is 11.3 Å². The maximum Gasteiger partial charge on any atom is 0.279 e. The first-order valence-electron chi connectivity index (χ1n) is 7.10. The van der Waals surface area contributed by atoms with Crippen LogP contribution in [0, 0.1) is 0 Å². The van der Waals surface area contributed by atoms with E-state index in [-0.39, 0.29) is 11.4 Å². The number of oxime groups is 1. The number of rotatable bonds is 5. The molecule has 2 aromatic rings. The van der Waals surface area contributed by atoms with Gasteiger partial charge in [-0.3, -0.25) is 9.59 Å². The molecule has 0 atom stereocenters. The number of nitrogens with zero attached hydrogens (tertiary/aromatic N) is 2. The summed E-state index contributed by atoms with van der Waals surface area (Å²) in [7, 11) is 0. The summed E-state index contributed by atoms with van der Waals surface area (Å²) in [6.45, 7) is 1.45. The van der Waals surface area contributed by atoms with Crippen LogP contribution in [0.15, 0.2) is 70.9 Å². The molecule has 0 aromatic heterocycles. The van der Waals surface area contributed by atoms with Crippen molar-refractivity contribution < 1.29 is 14.8 Å². The Morgan fingerprint density at radius 3 is 2.12 bits per heavy atom. The van der Waals surface area contributed by atoms with Crippen LogP contribution < -0.4 is 10.7 Å². The Bertz CT molecular complexity index is 771. The van der Waals surface area contributed by atoms with Gasteiger partial charge in [-0.05, 0) is 31.2 Å². The van der Waals surface area contributed by atoms with Crippen LogP contribution in [0.4, 0.5) is 5.69 Å². The van der Waals surface area contributed by atoms with Crippen molar-refractivity contribution in [2.24, 2.45) is 10.3 Å². The monoisotopic (exact) mass is 324 g/mol. The molecule has 3 N–H and O–H groups in total. The summed E-state index contributed by atoms with van der Waals surface area (Å²) in [6.07, 6.45) is 0. The Hall–Kier alpha value is -3.48. The molecule has 0 saturated carbocycles. The standard InChI is InChI=1S/C17H16N4O3/c1-12(19-20-16(22)13-8-4-2-5-9-13)15(21-24)17(23)18-14-10-6-3-7-11-14/h2-11,24H,1H3,(H,18,23)(H,20,22)/b19-12+,21-15+. The van der Waals surface area contributed by atoms with Crippen molar-refractivity contribution in [3.63, 3.8) is 0 Å². The molecular formula is C17H16N4O3. The van der Waals surface area contributed by atoms with Gasteiger partial charge in [0.15, 0.2) is 5.71 Å². The van der Waals surface area contributed by atoms with E-state index in [0.29, 0.717) is 11.3 Å². The summed E-state index contributed by atoms with van der Waals surface area (Å²) in [4.78, 5) is 24.0. The molecule has 0 fully saturated rings. The van der Waals surface area contributed by atoms with Crippen molar-refractivity contribution in [1.29, 1.82) is 0 Å². The zero-order valence-corrected chi connectivity index (χ0v) is 12.9. The van der Waals surface area contributed by atoms with Crippen LogP contribution in [0.25, 0.3) is 0 Å². The third-order valence-corrected chi connectivity index (χ3v) is 3.05. The van der Waals surface area contributed by atoms with E-state index < -0.39 is 11.8 Å². The van der Waals surface area contributed by atoms with Crippen LogP contribution in [0.5, 0.6) is 0 Å². The fourth-order valence-electron chi connectivity index (χ4n) is 1.84. The van der Waals surface area contributed by atoms with Crippen molar-refractivity contribution >= 4 is 28.9 Å². The number of para-hydroxylation sites is 1. The number of carbonyl (C=O) groups is 2. The minimum absolute atomic E-state index is 0.0650. The predicted molar refractivity (Wildman–Crippen MR) is 91.3 cm³/mol. The number of benzene rings is 2. The molecule has 0 heterocycles. The minimum Gasteiger partial charge on any atom is -0.410 e. The lowest BCUT2D eigenvalue weighted by molar-refractivity contribution is -0.110. The molecule has 7 heteroatoms. The van der Waals surface area contributed by atoms with E-state index in [1.54, 1.807) is 54.6 Å². The van der Waals surface area contributed by atoms with Crippen molar-refractivity contribution in [2.45, 2.75) is 6.92 Å². The molecule has 0 spiro atoms. The summed E-state index contributed by atoms with van der Waals surface area (Å²) in [5, 5.41) is 18.4. The molecule has 0 unspecified atom stereocenters. The average Bonchev–Trinajstić information content (AvgIpc) is 2.62. The predicted octanol–water partition coefficient (Wildman–Crippen LogP) is 2.26. The Kier molecular flexibility index (Phi) is 5.79. The van der Waals surface area contributed by atoms with Gasteiger partial charge in [0.05, 0.1) is 5.71 Å². The first-order chi connectivity index (χ1) is 11.6. The molecule has 122 valence electrons. The van der Waals surface area contributed by atoms with E-state index >= 15 is 0 Å². The fraction of sp³-hybridized carbons (Fsp3) is 0.0588. The Morgan fingerprint density at radius 2 is 1.54 bits per heavy atom. The third kappa shape index (κ3) is 4.51. The highest BCUT2D eigenvalue weighted by molar-refractivity contribution is 6.68. The molecule has 2 rings (SSSR count). The van der Waals surface area contributed by atoms with E-state index in [2.05, 4.69) is 21.0 Å². The number of anilines is 1. The number of carbonyl (C=O) groups excluding carboxylic acids is 2. The fourth-order valence-corrected chi connectivity index (χ4v) is 1.84. The number of hydrogen-bond acceptors (Lipinski definition) is 5. The zero-order valence-electron chi connectivity index (χ0n) is 12.9. The first-order valence-corrected chi connectivity index (χ1v) is 7.10. The molecule has 0 aliphatic carbocycles. The van der Waals surface area contributed by atoms with Crippen LogP contribution in [0.1, 0.15) is 17.3 Å². The van der Waals surface area contributed by atoms with Crippen molar-refractivity contribution in [3.05, 3.63) is 66.2 Å². The second kappa shape index (κ2) is 8.23. The van der Waals surface area contributed by atoms with Gasteiger partial charge < -0.3 is 10.5 Å². The maximum absolute atomic E-state index is 12.1. The van der Waals surface area contributed by atoms with Crippen molar-refractivity contribution in [2.75, 3.05) is 5.32 Å². The van der Waals surface area contributed by atoms with E-state index in [0.717, 1.165) is 0 Å². The van der Waals surface area contributed by atoms with Gasteiger partial charge in [0.25, 0.3) is 11.8 Å². The molecule has 2 aromatic carbocycles. The van der Waals surface area contributed by atoms with Gasteiger partial charge >= 0.3 is 0 Å². The van der Waals surface area contributed by atoms with E-state index in [9.17, 15) is 9.59 Å². The lowest BCUT2D eigenvalue weighted by Gasteiger charge is -2.06. The molecule has 2 amide bonds. The highest BCUT2D eigenvalue weighted by Crippen LogP contribution is 2.05. The van der Waals surface area contributed by atoms with E-state index in [1.165, 1.54) is 6.92 Å². The summed E-state index contributed by atoms with van der Waals surface area (Å²) >= 11 is 0. The van der Waals surface area contributed by atoms with Gasteiger partial charge in [0.1, 0.15) is 0 Å². The second-order valence-corrected chi connectivity index (χ2v) is 4.77. The summed E-state index contributed by atoms with van der Waals surface area (Å²) in [5.74, 6) is -1.07. The van der Waals surface area contributed by atoms with E-state index in [4.69, 9.17) is 5.21 Å². The van der Waals surface area contributed by atoms with Gasteiger partial charge in [-0.25, -0.2) is 5.43 Å². The molecule has 0 bridgehead atoms.